The molecule has 7 nitrogen and oxygen atoms in total. The Bertz CT molecular complexity index is 906. The molecule has 180 valence electrons. The van der Waals surface area contributed by atoms with Gasteiger partial charge in [0.25, 0.3) is 0 Å². The van der Waals surface area contributed by atoms with Gasteiger partial charge in [-0.15, -0.1) is 0 Å². The van der Waals surface area contributed by atoms with Gasteiger partial charge in [-0.3, -0.25) is 19.4 Å². The number of ether oxygens (including phenoxy) is 1. The van der Waals surface area contributed by atoms with Crippen molar-refractivity contribution in [1.82, 2.24) is 14.7 Å². The van der Waals surface area contributed by atoms with Gasteiger partial charge in [0.1, 0.15) is 5.75 Å². The van der Waals surface area contributed by atoms with Gasteiger partial charge in [0, 0.05) is 45.4 Å². The molecule has 2 fully saturated rings. The van der Waals surface area contributed by atoms with Crippen LogP contribution in [0.3, 0.4) is 0 Å². The Balaban J connectivity index is 1.31. The molecule has 0 spiro atoms. The van der Waals surface area contributed by atoms with Crippen LogP contribution in [-0.4, -0.2) is 72.4 Å². The molecule has 2 heterocycles. The summed E-state index contributed by atoms with van der Waals surface area (Å²) in [5.41, 5.74) is 2.29. The number of unbranched alkanes of at least 4 members (excludes halogenated alkanes) is 1. The Kier molecular flexibility index (Phi) is 6.80. The molecule has 3 amide bonds. The molecule has 3 aliphatic rings. The minimum atomic E-state index is -0.340. The molecule has 0 unspecified atom stereocenters. The van der Waals surface area contributed by atoms with Crippen molar-refractivity contribution in [3.8, 4) is 5.75 Å². The molecule has 0 N–H and O–H groups in total. The van der Waals surface area contributed by atoms with Gasteiger partial charge in [0.2, 0.25) is 11.8 Å². The average molecular weight is 456 g/mol. The smallest absolute Gasteiger partial charge is 0.410 e. The number of benzene rings is 1. The van der Waals surface area contributed by atoms with Gasteiger partial charge in [-0.25, -0.2) is 4.79 Å². The predicted molar refractivity (Wildman–Crippen MR) is 126 cm³/mol. The van der Waals surface area contributed by atoms with Crippen molar-refractivity contribution in [3.63, 3.8) is 0 Å². The Hall–Kier alpha value is -2.41. The highest BCUT2D eigenvalue weighted by Crippen LogP contribution is 2.44. The van der Waals surface area contributed by atoms with Gasteiger partial charge in [0.05, 0.1) is 0 Å². The number of hydrogen-bond acceptors (Lipinski definition) is 5. The second-order valence-electron chi connectivity index (χ2n) is 10.8. The van der Waals surface area contributed by atoms with Crippen LogP contribution in [0.1, 0.15) is 69.4 Å². The lowest BCUT2D eigenvalue weighted by Gasteiger charge is -2.35. The zero-order chi connectivity index (χ0) is 23.8. The van der Waals surface area contributed by atoms with E-state index >= 15 is 0 Å². The summed E-state index contributed by atoms with van der Waals surface area (Å²) in [5, 5.41) is 0. The predicted octanol–water partition coefficient (Wildman–Crippen LogP) is 3.81. The average Bonchev–Trinajstić information content (AvgIpc) is 3.15. The molecule has 1 aliphatic carbocycles. The summed E-state index contributed by atoms with van der Waals surface area (Å²) in [7, 11) is 3.39. The first kappa shape index (κ1) is 23.7. The molecule has 2 aliphatic heterocycles. The van der Waals surface area contributed by atoms with Crippen LogP contribution < -0.4 is 4.74 Å². The Morgan fingerprint density at radius 1 is 1.09 bits per heavy atom. The fraction of sp³-hybridized carbons (Fsp3) is 0.654. The number of nitrogens with zero attached hydrogens (tertiary/aromatic N) is 3. The van der Waals surface area contributed by atoms with Crippen molar-refractivity contribution >= 4 is 17.9 Å². The van der Waals surface area contributed by atoms with Gasteiger partial charge in [0.15, 0.2) is 0 Å². The van der Waals surface area contributed by atoms with Crippen LogP contribution >= 0.6 is 0 Å². The number of hydrogen-bond donors (Lipinski definition) is 0. The molecule has 1 aromatic carbocycles. The fourth-order valence-electron chi connectivity index (χ4n) is 5.76. The van der Waals surface area contributed by atoms with Crippen molar-refractivity contribution in [1.29, 1.82) is 0 Å². The van der Waals surface area contributed by atoms with Gasteiger partial charge in [-0.1, -0.05) is 26.0 Å². The summed E-state index contributed by atoms with van der Waals surface area (Å²) < 4.78 is 5.63. The standard InChI is InChI=1S/C26H37N3O4/c1-26(2)16-23(30)29(24(31)17-26)14-6-5-13-28-15-12-19-18-8-7-9-22(33-25(32)27(3)4)20(18)10-11-21(19)28/h7-9,19,21H,5-6,10-17H2,1-4H3/t19-,21+/m1/s1. The van der Waals surface area contributed by atoms with E-state index in [9.17, 15) is 14.4 Å². The lowest BCUT2D eigenvalue weighted by molar-refractivity contribution is -0.152. The number of fused-ring (bicyclic) bond motifs is 3. The van der Waals surface area contributed by atoms with Gasteiger partial charge in [-0.05, 0) is 67.8 Å². The van der Waals surface area contributed by atoms with Crippen LogP contribution in [0.5, 0.6) is 5.75 Å². The first-order valence-corrected chi connectivity index (χ1v) is 12.2. The monoisotopic (exact) mass is 455 g/mol. The number of imide groups is 1. The van der Waals surface area contributed by atoms with E-state index in [1.54, 1.807) is 14.1 Å². The SMILES string of the molecule is CN(C)C(=O)Oc1cccc2c1CC[C@H]1[C@@H]2CCN1CCCCN1C(=O)CC(C)(C)CC1=O. The molecule has 0 aromatic heterocycles. The summed E-state index contributed by atoms with van der Waals surface area (Å²) in [5.74, 6) is 1.13. The van der Waals surface area contributed by atoms with E-state index in [4.69, 9.17) is 4.74 Å². The third-order valence-electron chi connectivity index (χ3n) is 7.42. The maximum absolute atomic E-state index is 12.4. The largest absolute Gasteiger partial charge is 0.414 e. The zero-order valence-corrected chi connectivity index (χ0v) is 20.4. The van der Waals surface area contributed by atoms with Crippen molar-refractivity contribution in [2.45, 2.75) is 70.8 Å². The van der Waals surface area contributed by atoms with E-state index in [2.05, 4.69) is 11.0 Å². The van der Waals surface area contributed by atoms with E-state index in [0.29, 0.717) is 37.1 Å². The van der Waals surface area contributed by atoms with Crippen molar-refractivity contribution in [3.05, 3.63) is 29.3 Å². The molecule has 2 atom stereocenters. The second kappa shape index (κ2) is 9.45. The van der Waals surface area contributed by atoms with Crippen LogP contribution in [0.25, 0.3) is 0 Å². The molecule has 2 saturated heterocycles. The molecular weight excluding hydrogens is 418 g/mol. The topological polar surface area (TPSA) is 70.2 Å². The summed E-state index contributed by atoms with van der Waals surface area (Å²) in [6, 6.07) is 6.60. The molecule has 7 heteroatoms. The van der Waals surface area contributed by atoms with Gasteiger partial charge >= 0.3 is 6.09 Å². The quantitative estimate of drug-likeness (QED) is 0.482. The molecule has 1 aromatic rings. The summed E-state index contributed by atoms with van der Waals surface area (Å²) in [6.07, 6.45) is 5.50. The third kappa shape index (κ3) is 5.08. The molecule has 33 heavy (non-hydrogen) atoms. The van der Waals surface area contributed by atoms with Gasteiger partial charge < -0.3 is 9.64 Å². The number of piperidine rings is 1. The maximum Gasteiger partial charge on any atom is 0.414 e. The van der Waals surface area contributed by atoms with Crippen LogP contribution in [0, 0.1) is 5.41 Å². The van der Waals surface area contributed by atoms with Crippen molar-refractivity contribution in [2.75, 3.05) is 33.7 Å². The Morgan fingerprint density at radius 3 is 2.48 bits per heavy atom. The van der Waals surface area contributed by atoms with Crippen LogP contribution in [0.15, 0.2) is 18.2 Å². The number of carbonyl (C=O) groups excluding carboxylic acids is 3. The van der Waals surface area contributed by atoms with E-state index < -0.39 is 0 Å². The number of amides is 3. The summed E-state index contributed by atoms with van der Waals surface area (Å²) >= 11 is 0. The first-order valence-electron chi connectivity index (χ1n) is 12.2. The van der Waals surface area contributed by atoms with E-state index in [-0.39, 0.29) is 23.3 Å². The van der Waals surface area contributed by atoms with E-state index in [0.717, 1.165) is 45.2 Å². The molecule has 0 bridgehead atoms. The molecule has 0 radical (unpaired) electrons. The first-order chi connectivity index (χ1) is 15.7. The highest BCUT2D eigenvalue weighted by atomic mass is 16.6. The third-order valence-corrected chi connectivity index (χ3v) is 7.42. The maximum atomic E-state index is 12.4. The van der Waals surface area contributed by atoms with Crippen LogP contribution in [-0.2, 0) is 16.0 Å². The molecule has 0 saturated carbocycles. The lowest BCUT2D eigenvalue weighted by atomic mass is 9.79. The van der Waals surface area contributed by atoms with Gasteiger partial charge in [-0.2, -0.15) is 0 Å². The number of carbonyl (C=O) groups is 3. The Labute approximate surface area is 197 Å². The van der Waals surface area contributed by atoms with Crippen LogP contribution in [0.2, 0.25) is 0 Å². The highest BCUT2D eigenvalue weighted by Gasteiger charge is 2.40. The highest BCUT2D eigenvalue weighted by molar-refractivity contribution is 5.98. The normalized spacial score (nSPS) is 24.4. The Morgan fingerprint density at radius 2 is 1.79 bits per heavy atom. The van der Waals surface area contributed by atoms with Crippen molar-refractivity contribution in [2.24, 2.45) is 5.41 Å². The van der Waals surface area contributed by atoms with E-state index in [1.807, 2.05) is 26.0 Å². The summed E-state index contributed by atoms with van der Waals surface area (Å²) in [6.45, 7) is 6.57. The zero-order valence-electron chi connectivity index (χ0n) is 20.4. The summed E-state index contributed by atoms with van der Waals surface area (Å²) in [4.78, 5) is 42.3. The van der Waals surface area contributed by atoms with Crippen molar-refractivity contribution < 1.29 is 19.1 Å². The van der Waals surface area contributed by atoms with Crippen LogP contribution in [0.4, 0.5) is 4.79 Å². The molecule has 4 rings (SSSR count). The fourth-order valence-corrected chi connectivity index (χ4v) is 5.76. The number of likely N-dealkylation sites (tertiary alicyclic amines) is 2. The minimum Gasteiger partial charge on any atom is -0.410 e. The second-order valence-corrected chi connectivity index (χ2v) is 10.8. The lowest BCUT2D eigenvalue weighted by Crippen LogP contribution is -2.46. The molecular formula is C26H37N3O4. The minimum absolute atomic E-state index is 0.0212. The van der Waals surface area contributed by atoms with E-state index in [1.165, 1.54) is 20.9 Å². The number of rotatable bonds is 6.